The molecule has 0 aliphatic heterocycles. The normalized spacial score (nSPS) is 13.4. The summed E-state index contributed by atoms with van der Waals surface area (Å²) in [7, 11) is -3.52. The molecule has 5 N–H and O–H groups in total. The first-order chi connectivity index (χ1) is 21.4. The van der Waals surface area contributed by atoms with Gasteiger partial charge in [0.25, 0.3) is 5.91 Å². The standard InChI is InChI=1S/C32H39F2N5O5S/c1-4-6-11-45(43,44)12-10-27(36-32(42)29-13-21(3)38-39-29)31(41)37-28(17-24-15-25(33)18-26(34)16-24)30(40)20-35-19-23-9-7-8-22(5-2)14-23/h2,7-9,13-16,18,27-28,30,35,40H,4,6,10-12,17,19-20H2,1,3H3,(H,36,42)(H,37,41)(H,38,39)/t27-,28+,30-/m1/s1. The molecule has 45 heavy (non-hydrogen) atoms. The Morgan fingerprint density at radius 2 is 1.80 bits per heavy atom. The second-order valence-corrected chi connectivity index (χ2v) is 13.2. The molecule has 2 aromatic carbocycles. The lowest BCUT2D eigenvalue weighted by Crippen LogP contribution is -2.55. The van der Waals surface area contributed by atoms with Crippen LogP contribution in [0.1, 0.15) is 59.1 Å². The van der Waals surface area contributed by atoms with E-state index in [0.717, 1.165) is 17.7 Å². The smallest absolute Gasteiger partial charge is 0.272 e. The molecule has 0 unspecified atom stereocenters. The van der Waals surface area contributed by atoms with Gasteiger partial charge in [-0.25, -0.2) is 17.2 Å². The summed E-state index contributed by atoms with van der Waals surface area (Å²) < 4.78 is 53.2. The van der Waals surface area contributed by atoms with Gasteiger partial charge in [0.05, 0.1) is 23.7 Å². The molecule has 3 aromatic rings. The zero-order chi connectivity index (χ0) is 33.0. The molecule has 1 aromatic heterocycles. The zero-order valence-corrected chi connectivity index (χ0v) is 26.1. The third-order valence-electron chi connectivity index (χ3n) is 7.03. The molecule has 10 nitrogen and oxygen atoms in total. The van der Waals surface area contributed by atoms with Gasteiger partial charge in [0.1, 0.15) is 33.2 Å². The molecule has 3 rings (SSSR count). The molecule has 13 heteroatoms. The SMILES string of the molecule is C#Cc1cccc(CNC[C@@H](O)[C@H](Cc2cc(F)cc(F)c2)NC(=O)[C@@H](CCS(=O)(=O)CCCC)NC(=O)c2cc(C)[nH]n2)c1. The van der Waals surface area contributed by atoms with E-state index in [0.29, 0.717) is 36.7 Å². The third-order valence-corrected chi connectivity index (χ3v) is 8.80. The van der Waals surface area contributed by atoms with Gasteiger partial charge in [0.2, 0.25) is 5.91 Å². The summed E-state index contributed by atoms with van der Waals surface area (Å²) in [6.45, 7) is 3.85. The molecular weight excluding hydrogens is 604 g/mol. The lowest BCUT2D eigenvalue weighted by molar-refractivity contribution is -0.124. The van der Waals surface area contributed by atoms with E-state index >= 15 is 0 Å². The lowest BCUT2D eigenvalue weighted by atomic mass is 9.99. The van der Waals surface area contributed by atoms with E-state index < -0.39 is 51.5 Å². The summed E-state index contributed by atoms with van der Waals surface area (Å²) >= 11 is 0. The zero-order valence-electron chi connectivity index (χ0n) is 25.3. The van der Waals surface area contributed by atoms with Gasteiger partial charge in [-0.3, -0.25) is 14.7 Å². The largest absolute Gasteiger partial charge is 0.390 e. The minimum atomic E-state index is -3.52. The maximum Gasteiger partial charge on any atom is 0.272 e. The van der Waals surface area contributed by atoms with Gasteiger partial charge in [-0.15, -0.1) is 6.42 Å². The second-order valence-electron chi connectivity index (χ2n) is 10.9. The molecule has 2 amide bonds. The van der Waals surface area contributed by atoms with Crippen LogP contribution in [0.25, 0.3) is 0 Å². The highest BCUT2D eigenvalue weighted by Crippen LogP contribution is 2.13. The van der Waals surface area contributed by atoms with Crippen molar-refractivity contribution in [3.63, 3.8) is 0 Å². The molecule has 3 atom stereocenters. The summed E-state index contributed by atoms with van der Waals surface area (Å²) in [5, 5.41) is 26.0. The Kier molecular flexibility index (Phi) is 13.2. The number of hydrogen-bond donors (Lipinski definition) is 5. The first-order valence-corrected chi connectivity index (χ1v) is 16.4. The summed E-state index contributed by atoms with van der Waals surface area (Å²) in [6.07, 6.45) is 4.93. The van der Waals surface area contributed by atoms with Crippen molar-refractivity contribution in [3.8, 4) is 12.3 Å². The van der Waals surface area contributed by atoms with E-state index in [-0.39, 0.29) is 42.1 Å². The molecular formula is C32H39F2N5O5S. The number of aryl methyl sites for hydroxylation is 1. The van der Waals surface area contributed by atoms with Crippen LogP contribution in [0.3, 0.4) is 0 Å². The number of nitrogens with one attached hydrogen (secondary N) is 4. The first kappa shape index (κ1) is 35.4. The Balaban J connectivity index is 1.80. The van der Waals surface area contributed by atoms with Gasteiger partial charge in [-0.1, -0.05) is 31.4 Å². The number of sulfone groups is 1. The van der Waals surface area contributed by atoms with Crippen LogP contribution in [-0.2, 0) is 27.6 Å². The maximum absolute atomic E-state index is 14.0. The highest BCUT2D eigenvalue weighted by Gasteiger charge is 2.29. The number of nitrogens with zero attached hydrogens (tertiary/aromatic N) is 1. The number of rotatable bonds is 17. The van der Waals surface area contributed by atoms with E-state index in [2.05, 4.69) is 32.1 Å². The number of carbonyl (C=O) groups excluding carboxylic acids is 2. The second kappa shape index (κ2) is 16.8. The Hall–Kier alpha value is -4.12. The average Bonchev–Trinajstić information content (AvgIpc) is 3.43. The van der Waals surface area contributed by atoms with Gasteiger partial charge >= 0.3 is 0 Å². The summed E-state index contributed by atoms with van der Waals surface area (Å²) in [5.41, 5.74) is 2.32. The van der Waals surface area contributed by atoms with Crippen LogP contribution in [0.5, 0.6) is 0 Å². The monoisotopic (exact) mass is 643 g/mol. The van der Waals surface area contributed by atoms with Crippen molar-refractivity contribution in [2.75, 3.05) is 18.1 Å². The van der Waals surface area contributed by atoms with Gasteiger partial charge in [0, 0.05) is 30.4 Å². The number of aliphatic hydroxyl groups is 1. The number of hydrogen-bond acceptors (Lipinski definition) is 7. The number of carbonyl (C=O) groups is 2. The van der Waals surface area contributed by atoms with Gasteiger partial charge < -0.3 is 21.1 Å². The van der Waals surface area contributed by atoms with Crippen molar-refractivity contribution in [2.45, 2.75) is 64.3 Å². The van der Waals surface area contributed by atoms with Gasteiger partial charge in [-0.05, 0) is 67.6 Å². The first-order valence-electron chi connectivity index (χ1n) is 14.6. The molecule has 0 saturated carbocycles. The Bertz CT molecular complexity index is 1580. The number of benzene rings is 2. The Morgan fingerprint density at radius 3 is 2.44 bits per heavy atom. The van der Waals surface area contributed by atoms with Gasteiger partial charge in [-0.2, -0.15) is 5.10 Å². The van der Waals surface area contributed by atoms with Crippen LogP contribution in [0, 0.1) is 30.9 Å². The van der Waals surface area contributed by atoms with E-state index in [4.69, 9.17) is 6.42 Å². The van der Waals surface area contributed by atoms with Crippen molar-refractivity contribution < 1.29 is 31.9 Å². The predicted octanol–water partition coefficient (Wildman–Crippen LogP) is 2.56. The molecule has 0 aliphatic rings. The van der Waals surface area contributed by atoms with Crippen LogP contribution >= 0.6 is 0 Å². The number of halogens is 2. The number of unbranched alkanes of at least 4 members (excludes halogenated alkanes) is 1. The fraction of sp³-hybridized carbons (Fsp3) is 0.406. The van der Waals surface area contributed by atoms with Crippen LogP contribution in [0.4, 0.5) is 8.78 Å². The molecule has 0 radical (unpaired) electrons. The average molecular weight is 644 g/mol. The highest BCUT2D eigenvalue weighted by atomic mass is 32.2. The minimum Gasteiger partial charge on any atom is -0.390 e. The topological polar surface area (TPSA) is 153 Å². The number of terminal acetylenes is 1. The molecule has 1 heterocycles. The number of aromatic nitrogens is 2. The molecule has 0 aliphatic carbocycles. The van der Waals surface area contributed by atoms with Crippen LogP contribution in [0.2, 0.25) is 0 Å². The van der Waals surface area contributed by atoms with E-state index in [1.54, 1.807) is 25.1 Å². The molecule has 0 saturated heterocycles. The van der Waals surface area contributed by atoms with Crippen molar-refractivity contribution in [1.29, 1.82) is 0 Å². The van der Waals surface area contributed by atoms with Crippen LogP contribution < -0.4 is 16.0 Å². The highest BCUT2D eigenvalue weighted by molar-refractivity contribution is 7.91. The van der Waals surface area contributed by atoms with Crippen LogP contribution in [-0.4, -0.2) is 71.8 Å². The number of H-pyrrole nitrogens is 1. The minimum absolute atomic E-state index is 0.00376. The molecule has 0 bridgehead atoms. The lowest BCUT2D eigenvalue weighted by Gasteiger charge is -2.27. The van der Waals surface area contributed by atoms with E-state index in [9.17, 15) is 31.9 Å². The third kappa shape index (κ3) is 11.7. The molecule has 0 spiro atoms. The fourth-order valence-corrected chi connectivity index (χ4v) is 6.15. The van der Waals surface area contributed by atoms with Gasteiger partial charge in [0.15, 0.2) is 0 Å². The van der Waals surface area contributed by atoms with E-state index in [1.165, 1.54) is 6.07 Å². The Morgan fingerprint density at radius 1 is 1.07 bits per heavy atom. The van der Waals surface area contributed by atoms with Crippen molar-refractivity contribution in [2.24, 2.45) is 0 Å². The fourth-order valence-electron chi connectivity index (χ4n) is 4.63. The predicted molar refractivity (Wildman–Crippen MR) is 167 cm³/mol. The number of amides is 2. The summed E-state index contributed by atoms with van der Waals surface area (Å²) in [4.78, 5) is 26.5. The number of aliphatic hydroxyl groups excluding tert-OH is 1. The number of aromatic amines is 1. The molecule has 0 fully saturated rings. The summed E-state index contributed by atoms with van der Waals surface area (Å²) in [6, 6.07) is 9.19. The van der Waals surface area contributed by atoms with Crippen molar-refractivity contribution in [3.05, 3.63) is 88.2 Å². The van der Waals surface area contributed by atoms with Crippen LogP contribution in [0.15, 0.2) is 48.5 Å². The van der Waals surface area contributed by atoms with Crippen molar-refractivity contribution in [1.82, 2.24) is 26.1 Å². The maximum atomic E-state index is 14.0. The van der Waals surface area contributed by atoms with E-state index in [1.807, 2.05) is 13.0 Å². The molecule has 242 valence electrons. The van der Waals surface area contributed by atoms with Crippen molar-refractivity contribution >= 4 is 21.7 Å². The summed E-state index contributed by atoms with van der Waals surface area (Å²) in [5.74, 6) is -1.01. The quantitative estimate of drug-likeness (QED) is 0.142. The Labute approximate surface area is 262 Å².